The summed E-state index contributed by atoms with van der Waals surface area (Å²) in [5.41, 5.74) is 8.51. The van der Waals surface area contributed by atoms with Crippen LogP contribution >= 0.6 is 0 Å². The summed E-state index contributed by atoms with van der Waals surface area (Å²) >= 11 is 0. The summed E-state index contributed by atoms with van der Waals surface area (Å²) in [7, 11) is -4.03. The highest BCUT2D eigenvalue weighted by Crippen LogP contribution is 2.43. The molecule has 0 atom stereocenters. The first-order valence-corrected chi connectivity index (χ1v) is 12.1. The maximum atomic E-state index is 13.7. The van der Waals surface area contributed by atoms with Gasteiger partial charge in [0.25, 0.3) is 10.0 Å². The number of allylic oxidation sites excluding steroid dienone is 1. The van der Waals surface area contributed by atoms with E-state index in [1.807, 2.05) is 13.0 Å². The van der Waals surface area contributed by atoms with E-state index in [0.29, 0.717) is 11.3 Å². The molecule has 0 amide bonds. The minimum absolute atomic E-state index is 0.0899. The molecule has 5 nitrogen and oxygen atoms in total. The molecule has 2 N–H and O–H groups in total. The minimum Gasteiger partial charge on any atom is -0.382 e. The van der Waals surface area contributed by atoms with Crippen molar-refractivity contribution >= 4 is 21.9 Å². The van der Waals surface area contributed by atoms with Gasteiger partial charge in [-0.1, -0.05) is 54.1 Å². The smallest absolute Gasteiger partial charge is 0.283 e. The van der Waals surface area contributed by atoms with E-state index in [-0.39, 0.29) is 17.1 Å². The van der Waals surface area contributed by atoms with E-state index >= 15 is 0 Å². The number of hydrogen-bond donors (Lipinski definition) is 1. The Labute approximate surface area is 196 Å². The molecule has 0 fully saturated rings. The molecule has 0 bridgehead atoms. The Hall–Kier alpha value is -3.78. The predicted octanol–water partition coefficient (Wildman–Crippen LogP) is 4.84. The average molecular weight is 478 g/mol. The van der Waals surface area contributed by atoms with Gasteiger partial charge in [-0.05, 0) is 54.4 Å². The molecule has 0 unspecified atom stereocenters. The molecular weight excluding hydrogens is 456 g/mol. The van der Waals surface area contributed by atoms with Gasteiger partial charge in [-0.2, -0.15) is 12.5 Å². The Morgan fingerprint density at radius 2 is 1.41 bits per heavy atom. The van der Waals surface area contributed by atoms with E-state index in [9.17, 15) is 17.2 Å². The van der Waals surface area contributed by atoms with Crippen LogP contribution in [0.25, 0.3) is 6.08 Å². The molecule has 0 spiro atoms. The Kier molecular flexibility index (Phi) is 5.13. The standard InChI is InChI=1S/C26H21F2N3O2S/c1-17-2-12-22(13-3-17)34(32,33)31-24-16-26(15-14-23(24)25(29)30-31,18-4-8-20(27)9-5-18)19-6-10-21(28)11-7-19/h2-15H,16H2,1H3,(H2,29,30). The van der Waals surface area contributed by atoms with Crippen LogP contribution in [0.5, 0.6) is 0 Å². The lowest BCUT2D eigenvalue weighted by Gasteiger charge is -2.35. The van der Waals surface area contributed by atoms with Crippen molar-refractivity contribution in [2.24, 2.45) is 0 Å². The minimum atomic E-state index is -4.03. The number of fused-ring (bicyclic) bond motifs is 1. The van der Waals surface area contributed by atoms with Crippen LogP contribution in [0.4, 0.5) is 14.6 Å². The van der Waals surface area contributed by atoms with Gasteiger partial charge in [-0.15, -0.1) is 5.10 Å². The number of aryl methyl sites for hydroxylation is 1. The zero-order chi connectivity index (χ0) is 24.1. The highest BCUT2D eigenvalue weighted by atomic mass is 32.2. The van der Waals surface area contributed by atoms with Crippen molar-refractivity contribution in [3.05, 3.63) is 118 Å². The van der Waals surface area contributed by atoms with E-state index in [0.717, 1.165) is 20.8 Å². The topological polar surface area (TPSA) is 78.0 Å². The van der Waals surface area contributed by atoms with Gasteiger partial charge in [0.1, 0.15) is 11.6 Å². The molecule has 0 saturated carbocycles. The summed E-state index contributed by atoms with van der Waals surface area (Å²) in [5.74, 6) is -0.696. The molecule has 0 saturated heterocycles. The lowest BCUT2D eigenvalue weighted by atomic mass is 9.68. The average Bonchev–Trinajstić information content (AvgIpc) is 3.16. The van der Waals surface area contributed by atoms with Gasteiger partial charge < -0.3 is 5.73 Å². The number of nitrogens with zero attached hydrogens (tertiary/aromatic N) is 2. The Balaban J connectivity index is 1.71. The van der Waals surface area contributed by atoms with Gasteiger partial charge in [0.05, 0.1) is 10.6 Å². The lowest BCUT2D eigenvalue weighted by molar-refractivity contribution is 0.563. The lowest BCUT2D eigenvalue weighted by Crippen LogP contribution is -2.32. The van der Waals surface area contributed by atoms with E-state index in [1.165, 1.54) is 36.4 Å². The number of nitrogen functional groups attached to an aromatic ring is 1. The first-order valence-electron chi connectivity index (χ1n) is 10.6. The van der Waals surface area contributed by atoms with Crippen LogP contribution in [0.3, 0.4) is 0 Å². The van der Waals surface area contributed by atoms with Crippen molar-refractivity contribution in [3.63, 3.8) is 0 Å². The largest absolute Gasteiger partial charge is 0.382 e. The SMILES string of the molecule is Cc1ccc(S(=O)(=O)n2nc(N)c3c2CC(c2ccc(F)cc2)(c2ccc(F)cc2)C=C3)cc1. The van der Waals surface area contributed by atoms with Gasteiger partial charge in [-0.3, -0.25) is 0 Å². The zero-order valence-corrected chi connectivity index (χ0v) is 19.1. The fourth-order valence-corrected chi connectivity index (χ4v) is 5.75. The van der Waals surface area contributed by atoms with E-state index in [4.69, 9.17) is 5.73 Å². The number of anilines is 1. The molecule has 1 aliphatic rings. The fourth-order valence-electron chi connectivity index (χ4n) is 4.42. The fraction of sp³-hybridized carbons (Fsp3) is 0.115. The van der Waals surface area contributed by atoms with E-state index < -0.39 is 27.1 Å². The molecule has 8 heteroatoms. The zero-order valence-electron chi connectivity index (χ0n) is 18.2. The molecule has 34 heavy (non-hydrogen) atoms. The van der Waals surface area contributed by atoms with Crippen molar-refractivity contribution in [2.45, 2.75) is 23.7 Å². The van der Waals surface area contributed by atoms with E-state index in [2.05, 4.69) is 5.10 Å². The number of benzene rings is 3. The van der Waals surface area contributed by atoms with Gasteiger partial charge in [0.2, 0.25) is 0 Å². The summed E-state index contributed by atoms with van der Waals surface area (Å²) < 4.78 is 55.5. The molecular formula is C26H21F2N3O2S. The summed E-state index contributed by atoms with van der Waals surface area (Å²) in [6.45, 7) is 1.87. The second-order valence-electron chi connectivity index (χ2n) is 8.40. The number of halogens is 2. The summed E-state index contributed by atoms with van der Waals surface area (Å²) in [5, 5.41) is 4.18. The Morgan fingerprint density at radius 3 is 1.94 bits per heavy atom. The van der Waals surface area contributed by atoms with Gasteiger partial charge in [-0.25, -0.2) is 8.78 Å². The second-order valence-corrected chi connectivity index (χ2v) is 10.2. The van der Waals surface area contributed by atoms with Crippen LogP contribution in [-0.4, -0.2) is 17.6 Å². The van der Waals surface area contributed by atoms with Crippen molar-refractivity contribution in [2.75, 3.05) is 5.73 Å². The summed E-state index contributed by atoms with van der Waals surface area (Å²) in [6.07, 6.45) is 3.79. The molecule has 3 aromatic carbocycles. The molecule has 1 aliphatic carbocycles. The highest BCUT2D eigenvalue weighted by Gasteiger charge is 2.39. The quantitative estimate of drug-likeness (QED) is 0.456. The molecule has 1 heterocycles. The van der Waals surface area contributed by atoms with Gasteiger partial charge >= 0.3 is 0 Å². The first kappa shape index (κ1) is 22.0. The van der Waals surface area contributed by atoms with Crippen LogP contribution in [0.2, 0.25) is 0 Å². The number of aromatic nitrogens is 2. The van der Waals surface area contributed by atoms with Crippen LogP contribution in [0, 0.1) is 18.6 Å². The Bertz CT molecular complexity index is 1460. The molecule has 5 rings (SSSR count). The third kappa shape index (κ3) is 3.51. The number of nitrogens with two attached hydrogens (primary N) is 1. The molecule has 4 aromatic rings. The normalized spacial score (nSPS) is 14.7. The van der Waals surface area contributed by atoms with Crippen molar-refractivity contribution in [1.29, 1.82) is 0 Å². The third-order valence-corrected chi connectivity index (χ3v) is 7.89. The molecule has 172 valence electrons. The maximum absolute atomic E-state index is 13.7. The highest BCUT2D eigenvalue weighted by molar-refractivity contribution is 7.89. The molecule has 0 aliphatic heterocycles. The predicted molar refractivity (Wildman–Crippen MR) is 127 cm³/mol. The first-order chi connectivity index (χ1) is 16.2. The molecule has 1 aromatic heterocycles. The maximum Gasteiger partial charge on any atom is 0.283 e. The number of hydrogen-bond acceptors (Lipinski definition) is 4. The summed E-state index contributed by atoms with van der Waals surface area (Å²) in [4.78, 5) is 0.0899. The molecule has 0 radical (unpaired) electrons. The second kappa shape index (κ2) is 7.92. The van der Waals surface area contributed by atoms with Crippen molar-refractivity contribution in [1.82, 2.24) is 9.19 Å². The van der Waals surface area contributed by atoms with Crippen molar-refractivity contribution < 1.29 is 17.2 Å². The van der Waals surface area contributed by atoms with E-state index in [1.54, 1.807) is 42.5 Å². The van der Waals surface area contributed by atoms with Crippen LogP contribution < -0.4 is 5.73 Å². The number of rotatable bonds is 4. The monoisotopic (exact) mass is 477 g/mol. The Morgan fingerprint density at radius 1 is 0.882 bits per heavy atom. The van der Waals surface area contributed by atoms with Crippen LogP contribution in [0.15, 0.2) is 83.8 Å². The van der Waals surface area contributed by atoms with Crippen LogP contribution in [-0.2, 0) is 21.9 Å². The van der Waals surface area contributed by atoms with Crippen LogP contribution in [0.1, 0.15) is 27.9 Å². The van der Waals surface area contributed by atoms with Gasteiger partial charge in [0, 0.05) is 17.4 Å². The third-order valence-electron chi connectivity index (χ3n) is 6.26. The van der Waals surface area contributed by atoms with Crippen molar-refractivity contribution in [3.8, 4) is 0 Å². The van der Waals surface area contributed by atoms with Gasteiger partial charge in [0.15, 0.2) is 5.82 Å². The summed E-state index contributed by atoms with van der Waals surface area (Å²) in [6, 6.07) is 18.5.